The van der Waals surface area contributed by atoms with Gasteiger partial charge in [0.15, 0.2) is 0 Å². The minimum atomic E-state index is -0.820. The average molecular weight is 287 g/mol. The van der Waals surface area contributed by atoms with Crippen LogP contribution in [0.1, 0.15) is 35.5 Å². The number of aliphatic hydroxyl groups excluding tert-OH is 1. The number of nitrogens with one attached hydrogen (secondary N) is 1. The van der Waals surface area contributed by atoms with E-state index in [2.05, 4.69) is 10.4 Å². The number of aliphatic hydroxyl groups is 1. The topological polar surface area (TPSA) is 67.2 Å². The fourth-order valence-electron chi connectivity index (χ4n) is 2.31. The van der Waals surface area contributed by atoms with E-state index in [0.29, 0.717) is 12.0 Å². The summed E-state index contributed by atoms with van der Waals surface area (Å²) in [6.45, 7) is 3.59. The number of carbonyl (C=O) groups is 1. The molecule has 2 aromatic rings. The third-order valence-corrected chi connectivity index (χ3v) is 3.60. The molecule has 1 atom stereocenters. The van der Waals surface area contributed by atoms with E-state index in [4.69, 9.17) is 0 Å². The Morgan fingerprint density at radius 3 is 2.62 bits per heavy atom. The van der Waals surface area contributed by atoms with E-state index in [-0.39, 0.29) is 12.5 Å². The maximum Gasteiger partial charge on any atom is 0.255 e. The van der Waals surface area contributed by atoms with Crippen molar-refractivity contribution in [1.82, 2.24) is 15.1 Å². The van der Waals surface area contributed by atoms with Crippen LogP contribution in [0, 0.1) is 0 Å². The number of hydrogen-bond acceptors (Lipinski definition) is 3. The van der Waals surface area contributed by atoms with E-state index in [9.17, 15) is 9.90 Å². The molecule has 0 bridgehead atoms. The molecule has 5 heteroatoms. The predicted octanol–water partition coefficient (Wildman–Crippen LogP) is 1.62. The quantitative estimate of drug-likeness (QED) is 0.878. The molecular weight excluding hydrogens is 266 g/mol. The summed E-state index contributed by atoms with van der Waals surface area (Å²) in [5.41, 5.74) is 1.35. The van der Waals surface area contributed by atoms with Crippen LogP contribution in [0.25, 0.3) is 0 Å². The van der Waals surface area contributed by atoms with Crippen LogP contribution >= 0.6 is 0 Å². The van der Waals surface area contributed by atoms with Crippen LogP contribution in [0.4, 0.5) is 0 Å². The second-order valence-corrected chi connectivity index (χ2v) is 5.33. The van der Waals surface area contributed by atoms with Crippen molar-refractivity contribution in [3.05, 3.63) is 53.3 Å². The summed E-state index contributed by atoms with van der Waals surface area (Å²) in [6.07, 6.45) is 2.39. The summed E-state index contributed by atoms with van der Waals surface area (Å²) in [5, 5.41) is 16.9. The highest BCUT2D eigenvalue weighted by atomic mass is 16.3. The molecule has 0 saturated carbocycles. The van der Waals surface area contributed by atoms with E-state index in [0.717, 1.165) is 11.3 Å². The van der Waals surface area contributed by atoms with Gasteiger partial charge in [-0.1, -0.05) is 37.3 Å². The molecule has 112 valence electrons. The molecule has 0 fully saturated rings. The maximum atomic E-state index is 12.5. The molecule has 0 spiro atoms. The second-order valence-electron chi connectivity index (χ2n) is 5.33. The van der Waals surface area contributed by atoms with Gasteiger partial charge in [-0.2, -0.15) is 5.10 Å². The average Bonchev–Trinajstić information content (AvgIpc) is 2.89. The predicted molar refractivity (Wildman–Crippen MR) is 80.9 cm³/mol. The summed E-state index contributed by atoms with van der Waals surface area (Å²) < 4.78 is 1.63. The lowest BCUT2D eigenvalue weighted by Crippen LogP contribution is -2.46. The number of amides is 1. The fraction of sp³-hybridized carbons (Fsp3) is 0.375. The molecule has 21 heavy (non-hydrogen) atoms. The molecule has 1 heterocycles. The molecule has 1 aromatic heterocycles. The van der Waals surface area contributed by atoms with Crippen molar-refractivity contribution in [1.29, 1.82) is 0 Å². The molecule has 0 aliphatic heterocycles. The first-order valence-electron chi connectivity index (χ1n) is 7.01. The standard InChI is InChI=1S/C16H21N3O2/c1-4-14-13(10-19(3)18-14)15(21)17-16(2,11-20)12-8-6-5-7-9-12/h5-10,20H,4,11H2,1-3H3,(H,17,21). The number of aromatic nitrogens is 2. The van der Waals surface area contributed by atoms with Gasteiger partial charge in [-0.25, -0.2) is 0 Å². The Morgan fingerprint density at radius 2 is 2.05 bits per heavy atom. The number of benzene rings is 1. The molecule has 2 rings (SSSR count). The van der Waals surface area contributed by atoms with E-state index >= 15 is 0 Å². The smallest absolute Gasteiger partial charge is 0.255 e. The van der Waals surface area contributed by atoms with E-state index in [1.54, 1.807) is 17.9 Å². The van der Waals surface area contributed by atoms with Crippen LogP contribution in [0.3, 0.4) is 0 Å². The van der Waals surface area contributed by atoms with Crippen LogP contribution < -0.4 is 5.32 Å². The van der Waals surface area contributed by atoms with Gasteiger partial charge in [0.05, 0.1) is 23.4 Å². The monoisotopic (exact) mass is 287 g/mol. The highest BCUT2D eigenvalue weighted by Crippen LogP contribution is 2.21. The van der Waals surface area contributed by atoms with Gasteiger partial charge < -0.3 is 10.4 Å². The Hall–Kier alpha value is -2.14. The van der Waals surface area contributed by atoms with Crippen molar-refractivity contribution in [2.24, 2.45) is 7.05 Å². The Labute approximate surface area is 124 Å². The summed E-state index contributed by atoms with van der Waals surface area (Å²) >= 11 is 0. The zero-order valence-electron chi connectivity index (χ0n) is 12.6. The van der Waals surface area contributed by atoms with Crippen molar-refractivity contribution < 1.29 is 9.90 Å². The molecule has 0 aliphatic rings. The summed E-state index contributed by atoms with van der Waals surface area (Å²) in [5.74, 6) is -0.222. The minimum absolute atomic E-state index is 0.176. The molecule has 5 nitrogen and oxygen atoms in total. The van der Waals surface area contributed by atoms with Gasteiger partial charge in [0.1, 0.15) is 0 Å². The van der Waals surface area contributed by atoms with Crippen molar-refractivity contribution >= 4 is 5.91 Å². The molecule has 2 N–H and O–H groups in total. The van der Waals surface area contributed by atoms with Crippen molar-refractivity contribution in [2.75, 3.05) is 6.61 Å². The normalized spacial score (nSPS) is 13.7. The van der Waals surface area contributed by atoms with Crippen molar-refractivity contribution in [3.63, 3.8) is 0 Å². The summed E-state index contributed by atoms with van der Waals surface area (Å²) in [6, 6.07) is 9.45. The van der Waals surface area contributed by atoms with Gasteiger partial charge in [-0.05, 0) is 18.9 Å². The lowest BCUT2D eigenvalue weighted by atomic mass is 9.92. The first kappa shape index (κ1) is 15.3. The zero-order valence-corrected chi connectivity index (χ0v) is 12.6. The van der Waals surface area contributed by atoms with Gasteiger partial charge in [0, 0.05) is 13.2 Å². The van der Waals surface area contributed by atoms with Crippen molar-refractivity contribution in [2.45, 2.75) is 25.8 Å². The Bertz CT molecular complexity index is 622. The van der Waals surface area contributed by atoms with Crippen LogP contribution in [-0.2, 0) is 19.0 Å². The first-order chi connectivity index (χ1) is 10.00. The largest absolute Gasteiger partial charge is 0.394 e. The van der Waals surface area contributed by atoms with Crippen LogP contribution in [-0.4, -0.2) is 27.4 Å². The lowest BCUT2D eigenvalue weighted by Gasteiger charge is -2.29. The van der Waals surface area contributed by atoms with Crippen molar-refractivity contribution in [3.8, 4) is 0 Å². The van der Waals surface area contributed by atoms with E-state index in [1.807, 2.05) is 44.2 Å². The number of aryl methyl sites for hydroxylation is 2. The summed E-state index contributed by atoms with van der Waals surface area (Å²) in [7, 11) is 1.79. The molecule has 0 radical (unpaired) electrons. The van der Waals surface area contributed by atoms with Gasteiger partial charge in [-0.3, -0.25) is 9.48 Å². The minimum Gasteiger partial charge on any atom is -0.394 e. The second kappa shape index (κ2) is 6.10. The molecule has 0 aliphatic carbocycles. The summed E-state index contributed by atoms with van der Waals surface area (Å²) in [4.78, 5) is 12.5. The molecular formula is C16H21N3O2. The number of nitrogens with zero attached hydrogens (tertiary/aromatic N) is 2. The molecule has 0 saturated heterocycles. The third kappa shape index (κ3) is 3.13. The van der Waals surface area contributed by atoms with Gasteiger partial charge >= 0.3 is 0 Å². The fourth-order valence-corrected chi connectivity index (χ4v) is 2.31. The highest BCUT2D eigenvalue weighted by Gasteiger charge is 2.29. The van der Waals surface area contributed by atoms with E-state index < -0.39 is 5.54 Å². The number of carbonyl (C=O) groups excluding carboxylic acids is 1. The third-order valence-electron chi connectivity index (χ3n) is 3.60. The number of hydrogen-bond donors (Lipinski definition) is 2. The van der Waals surface area contributed by atoms with Crippen LogP contribution in [0.2, 0.25) is 0 Å². The Morgan fingerprint density at radius 1 is 1.38 bits per heavy atom. The first-order valence-corrected chi connectivity index (χ1v) is 7.01. The van der Waals surface area contributed by atoms with Gasteiger partial charge in [0.25, 0.3) is 5.91 Å². The van der Waals surface area contributed by atoms with Crippen LogP contribution in [0.5, 0.6) is 0 Å². The SMILES string of the molecule is CCc1nn(C)cc1C(=O)NC(C)(CO)c1ccccc1. The van der Waals surface area contributed by atoms with Crippen LogP contribution in [0.15, 0.2) is 36.5 Å². The maximum absolute atomic E-state index is 12.5. The molecule has 1 amide bonds. The molecule has 1 unspecified atom stereocenters. The Balaban J connectivity index is 2.28. The highest BCUT2D eigenvalue weighted by molar-refractivity contribution is 5.95. The van der Waals surface area contributed by atoms with Gasteiger partial charge in [0.2, 0.25) is 0 Å². The van der Waals surface area contributed by atoms with Gasteiger partial charge in [-0.15, -0.1) is 0 Å². The molecule has 1 aromatic carbocycles. The van der Waals surface area contributed by atoms with E-state index in [1.165, 1.54) is 0 Å². The Kier molecular flexibility index (Phi) is 4.43. The lowest BCUT2D eigenvalue weighted by molar-refractivity contribution is 0.0848. The number of rotatable bonds is 5. The zero-order chi connectivity index (χ0) is 15.5.